The van der Waals surface area contributed by atoms with Gasteiger partial charge in [-0.15, -0.1) is 0 Å². The number of anilines is 1. The Balaban J connectivity index is 1.74. The van der Waals surface area contributed by atoms with Crippen LogP contribution in [0, 0.1) is 19.7 Å². The molecule has 0 atom stereocenters. The highest BCUT2D eigenvalue weighted by Gasteiger charge is 2.20. The Bertz CT molecular complexity index is 1190. The van der Waals surface area contributed by atoms with Crippen molar-refractivity contribution in [3.63, 3.8) is 0 Å². The first-order valence-corrected chi connectivity index (χ1v) is 11.7. The van der Waals surface area contributed by atoms with Gasteiger partial charge in [0.2, 0.25) is 10.0 Å². The summed E-state index contributed by atoms with van der Waals surface area (Å²) < 4.78 is 40.0. The van der Waals surface area contributed by atoms with Crippen molar-refractivity contribution in [3.8, 4) is 0 Å². The number of carbonyl (C=O) groups excluding carboxylic acids is 1. The fourth-order valence-electron chi connectivity index (χ4n) is 3.22. The maximum absolute atomic E-state index is 13.7. The predicted molar refractivity (Wildman–Crippen MR) is 121 cm³/mol. The molecule has 0 spiro atoms. The van der Waals surface area contributed by atoms with Gasteiger partial charge in [0, 0.05) is 17.7 Å². The number of benzene rings is 3. The van der Waals surface area contributed by atoms with E-state index < -0.39 is 10.0 Å². The minimum Gasteiger partial charge on any atom is -0.348 e. The molecule has 31 heavy (non-hydrogen) atoms. The molecule has 1 amide bonds. The Hall–Kier alpha value is -3.19. The number of halogens is 1. The summed E-state index contributed by atoms with van der Waals surface area (Å²) in [6.45, 7) is 4.02. The number of nitrogens with zero attached hydrogens (tertiary/aromatic N) is 1. The van der Waals surface area contributed by atoms with Crippen LogP contribution in [0.2, 0.25) is 0 Å². The van der Waals surface area contributed by atoms with Crippen LogP contribution >= 0.6 is 0 Å². The lowest BCUT2D eigenvalue weighted by molar-refractivity contribution is 0.0950. The van der Waals surface area contributed by atoms with E-state index in [0.29, 0.717) is 16.8 Å². The van der Waals surface area contributed by atoms with E-state index in [0.717, 1.165) is 16.7 Å². The minimum atomic E-state index is -3.51. The average molecular weight is 441 g/mol. The first-order chi connectivity index (χ1) is 14.6. The van der Waals surface area contributed by atoms with Crippen molar-refractivity contribution in [2.75, 3.05) is 10.6 Å². The third-order valence-corrected chi connectivity index (χ3v) is 6.10. The van der Waals surface area contributed by atoms with Crippen LogP contribution in [0.4, 0.5) is 10.1 Å². The number of aryl methyl sites for hydroxylation is 2. The van der Waals surface area contributed by atoms with E-state index >= 15 is 0 Å². The van der Waals surface area contributed by atoms with Crippen LogP contribution in [0.5, 0.6) is 0 Å². The zero-order chi connectivity index (χ0) is 22.6. The van der Waals surface area contributed by atoms with Crippen LogP contribution in [0.3, 0.4) is 0 Å². The summed E-state index contributed by atoms with van der Waals surface area (Å²) in [5.74, 6) is -0.699. The third kappa shape index (κ3) is 5.70. The third-order valence-electron chi connectivity index (χ3n) is 4.97. The number of carbonyl (C=O) groups is 1. The number of hydrogen-bond donors (Lipinski definition) is 1. The maximum Gasteiger partial charge on any atom is 0.251 e. The van der Waals surface area contributed by atoms with Crippen LogP contribution in [-0.2, 0) is 23.1 Å². The van der Waals surface area contributed by atoms with Crippen molar-refractivity contribution < 1.29 is 17.6 Å². The van der Waals surface area contributed by atoms with Crippen LogP contribution in [0.1, 0.15) is 32.6 Å². The molecule has 0 fully saturated rings. The molecule has 3 aromatic rings. The van der Waals surface area contributed by atoms with Gasteiger partial charge in [-0.05, 0) is 54.8 Å². The summed E-state index contributed by atoms with van der Waals surface area (Å²) >= 11 is 0. The average Bonchev–Trinajstić information content (AvgIpc) is 2.73. The molecule has 0 saturated heterocycles. The molecular formula is C24H25FN2O3S. The van der Waals surface area contributed by atoms with Gasteiger partial charge < -0.3 is 5.32 Å². The van der Waals surface area contributed by atoms with Gasteiger partial charge in [0.05, 0.1) is 18.5 Å². The first kappa shape index (κ1) is 22.5. The molecule has 0 unspecified atom stereocenters. The molecule has 3 rings (SSSR count). The highest BCUT2D eigenvalue weighted by atomic mass is 32.2. The summed E-state index contributed by atoms with van der Waals surface area (Å²) in [6, 6.07) is 18.7. The quantitative estimate of drug-likeness (QED) is 0.594. The predicted octanol–water partition coefficient (Wildman–Crippen LogP) is 4.34. The topological polar surface area (TPSA) is 66.5 Å². The van der Waals surface area contributed by atoms with Gasteiger partial charge in [-0.25, -0.2) is 12.8 Å². The fraction of sp³-hybridized carbons (Fsp3) is 0.208. The summed E-state index contributed by atoms with van der Waals surface area (Å²) in [5.41, 5.74) is 4.03. The van der Waals surface area contributed by atoms with E-state index in [9.17, 15) is 17.6 Å². The summed E-state index contributed by atoms with van der Waals surface area (Å²) in [4.78, 5) is 12.4. The van der Waals surface area contributed by atoms with Gasteiger partial charge in [0.25, 0.3) is 5.91 Å². The van der Waals surface area contributed by atoms with Crippen LogP contribution in [-0.4, -0.2) is 20.6 Å². The van der Waals surface area contributed by atoms with Gasteiger partial charge in [0.1, 0.15) is 5.82 Å². The van der Waals surface area contributed by atoms with Gasteiger partial charge in [-0.2, -0.15) is 0 Å². The lowest BCUT2D eigenvalue weighted by Crippen LogP contribution is -2.30. The molecule has 162 valence electrons. The molecule has 0 aliphatic rings. The van der Waals surface area contributed by atoms with E-state index in [1.54, 1.807) is 42.5 Å². The molecule has 0 aliphatic carbocycles. The fourth-order valence-corrected chi connectivity index (χ4v) is 4.15. The van der Waals surface area contributed by atoms with Crippen molar-refractivity contribution in [2.45, 2.75) is 26.9 Å². The van der Waals surface area contributed by atoms with Gasteiger partial charge in [-0.1, -0.05) is 42.5 Å². The van der Waals surface area contributed by atoms with Crippen LogP contribution < -0.4 is 9.62 Å². The lowest BCUT2D eigenvalue weighted by Gasteiger charge is -2.25. The van der Waals surface area contributed by atoms with Gasteiger partial charge in [0.15, 0.2) is 0 Å². The van der Waals surface area contributed by atoms with Gasteiger partial charge >= 0.3 is 0 Å². The standard InChI is InChI=1S/C24H25FN2O3S/c1-17-8-9-18(2)23(14-17)27(31(3,29)30)16-19-10-12-20(13-11-19)24(28)26-15-21-6-4-5-7-22(21)25/h4-14H,15-16H2,1-3H3,(H,26,28). The molecular weight excluding hydrogens is 415 g/mol. The molecule has 5 nitrogen and oxygen atoms in total. The highest BCUT2D eigenvalue weighted by Crippen LogP contribution is 2.26. The maximum atomic E-state index is 13.7. The monoisotopic (exact) mass is 440 g/mol. The van der Waals surface area contributed by atoms with Crippen LogP contribution in [0.25, 0.3) is 0 Å². The molecule has 1 N–H and O–H groups in total. The highest BCUT2D eigenvalue weighted by molar-refractivity contribution is 7.92. The number of nitrogens with one attached hydrogen (secondary N) is 1. The summed E-state index contributed by atoms with van der Waals surface area (Å²) in [7, 11) is -3.51. The molecule has 0 radical (unpaired) electrons. The summed E-state index contributed by atoms with van der Waals surface area (Å²) in [5, 5.41) is 2.69. The molecule has 7 heteroatoms. The van der Waals surface area contributed by atoms with Crippen molar-refractivity contribution in [3.05, 3.63) is 100 Å². The van der Waals surface area contributed by atoms with Crippen LogP contribution in [0.15, 0.2) is 66.7 Å². The molecule has 0 aromatic heterocycles. The number of hydrogen-bond acceptors (Lipinski definition) is 3. The second kappa shape index (κ2) is 9.31. The Morgan fingerprint density at radius 2 is 1.68 bits per heavy atom. The second-order valence-electron chi connectivity index (χ2n) is 7.53. The Morgan fingerprint density at radius 1 is 1.00 bits per heavy atom. The van der Waals surface area contributed by atoms with E-state index in [4.69, 9.17) is 0 Å². The zero-order valence-corrected chi connectivity index (χ0v) is 18.5. The first-order valence-electron chi connectivity index (χ1n) is 9.80. The normalized spacial score (nSPS) is 11.2. The molecule has 0 saturated carbocycles. The Kier molecular flexibility index (Phi) is 6.75. The minimum absolute atomic E-state index is 0.0851. The van der Waals surface area contributed by atoms with E-state index in [1.807, 2.05) is 32.0 Å². The molecule has 0 heterocycles. The SMILES string of the molecule is Cc1ccc(C)c(N(Cc2ccc(C(=O)NCc3ccccc3F)cc2)S(C)(=O)=O)c1. The number of sulfonamides is 1. The second-order valence-corrected chi connectivity index (χ2v) is 9.44. The zero-order valence-electron chi connectivity index (χ0n) is 17.7. The Morgan fingerprint density at radius 3 is 2.32 bits per heavy atom. The largest absolute Gasteiger partial charge is 0.348 e. The number of amides is 1. The molecule has 0 bridgehead atoms. The smallest absolute Gasteiger partial charge is 0.251 e. The molecule has 0 aliphatic heterocycles. The Labute approximate surface area is 182 Å². The van der Waals surface area contributed by atoms with E-state index in [1.165, 1.54) is 16.6 Å². The number of rotatable bonds is 7. The van der Waals surface area contributed by atoms with Gasteiger partial charge in [-0.3, -0.25) is 9.10 Å². The lowest BCUT2D eigenvalue weighted by atomic mass is 10.1. The summed E-state index contributed by atoms with van der Waals surface area (Å²) in [6.07, 6.45) is 1.18. The van der Waals surface area contributed by atoms with Crippen molar-refractivity contribution in [2.24, 2.45) is 0 Å². The van der Waals surface area contributed by atoms with E-state index in [-0.39, 0.29) is 24.8 Å². The van der Waals surface area contributed by atoms with E-state index in [2.05, 4.69) is 5.32 Å². The van der Waals surface area contributed by atoms with Crippen molar-refractivity contribution >= 4 is 21.6 Å². The molecule has 3 aromatic carbocycles. The van der Waals surface area contributed by atoms with Crippen molar-refractivity contribution in [1.29, 1.82) is 0 Å². The van der Waals surface area contributed by atoms with Crippen molar-refractivity contribution in [1.82, 2.24) is 5.32 Å².